The smallest absolute Gasteiger partial charge is 0.223 e. The summed E-state index contributed by atoms with van der Waals surface area (Å²) in [6.07, 6.45) is 0.452. The van der Waals surface area contributed by atoms with Gasteiger partial charge >= 0.3 is 0 Å². The van der Waals surface area contributed by atoms with Gasteiger partial charge in [0.2, 0.25) is 5.91 Å². The molecule has 58 valence electrons. The lowest BCUT2D eigenvalue weighted by Gasteiger charge is -2.27. The van der Waals surface area contributed by atoms with Gasteiger partial charge in [-0.2, -0.15) is 0 Å². The molecule has 0 saturated carbocycles. The van der Waals surface area contributed by atoms with Crippen molar-refractivity contribution in [3.05, 3.63) is 0 Å². The first kappa shape index (κ1) is 7.84. The highest BCUT2D eigenvalue weighted by atomic mass is 32.1. The van der Waals surface area contributed by atoms with E-state index in [2.05, 4.69) is 23.3 Å². The van der Waals surface area contributed by atoms with E-state index in [0.717, 1.165) is 0 Å². The van der Waals surface area contributed by atoms with Gasteiger partial charge in [-0.25, -0.2) is 0 Å². The molecular weight excluding hydrogens is 150 g/mol. The van der Waals surface area contributed by atoms with Crippen LogP contribution in [0.4, 0.5) is 0 Å². The van der Waals surface area contributed by atoms with Crippen LogP contribution in [0.3, 0.4) is 0 Å². The highest BCUT2D eigenvalue weighted by Crippen LogP contribution is 2.00. The Labute approximate surface area is 64.9 Å². The molecule has 1 aliphatic rings. The number of rotatable bonds is 1. The van der Waals surface area contributed by atoms with Crippen LogP contribution in [0.2, 0.25) is 0 Å². The van der Waals surface area contributed by atoms with Gasteiger partial charge in [0.05, 0.1) is 0 Å². The maximum atomic E-state index is 10.8. The minimum Gasteiger partial charge on any atom is -0.332 e. The fraction of sp³-hybridized carbons (Fsp3) is 0.800. The molecule has 1 fully saturated rings. The molecule has 0 bridgehead atoms. The Kier molecular flexibility index (Phi) is 2.53. The van der Waals surface area contributed by atoms with E-state index < -0.39 is 0 Å². The van der Waals surface area contributed by atoms with Crippen molar-refractivity contribution in [3.63, 3.8) is 0 Å². The SMILES string of the molecule is NCC1CC(=O)NC(S)N1. The van der Waals surface area contributed by atoms with Crippen LogP contribution in [0.25, 0.3) is 0 Å². The van der Waals surface area contributed by atoms with Gasteiger partial charge in [0.25, 0.3) is 0 Å². The molecule has 0 spiro atoms. The van der Waals surface area contributed by atoms with Crippen LogP contribution in [0.15, 0.2) is 0 Å². The normalized spacial score (nSPS) is 33.6. The third-order valence-corrected chi connectivity index (χ3v) is 1.69. The Morgan fingerprint density at radius 2 is 2.50 bits per heavy atom. The quantitative estimate of drug-likeness (QED) is 0.359. The van der Waals surface area contributed by atoms with Gasteiger partial charge < -0.3 is 11.1 Å². The molecule has 2 atom stereocenters. The summed E-state index contributed by atoms with van der Waals surface area (Å²) in [5, 5.41) is 5.61. The number of carbonyl (C=O) groups is 1. The Morgan fingerprint density at radius 1 is 1.80 bits per heavy atom. The molecule has 0 radical (unpaired) electrons. The standard InChI is InChI=1S/C5H11N3OS/c6-2-3-1-4(9)8-5(10)7-3/h3,5,7,10H,1-2,6H2,(H,8,9). The lowest BCUT2D eigenvalue weighted by molar-refractivity contribution is -0.123. The van der Waals surface area contributed by atoms with Crippen molar-refractivity contribution in [2.45, 2.75) is 18.0 Å². The number of hydrogen-bond donors (Lipinski definition) is 4. The van der Waals surface area contributed by atoms with Crippen LogP contribution in [-0.2, 0) is 4.79 Å². The van der Waals surface area contributed by atoms with E-state index in [4.69, 9.17) is 5.73 Å². The molecule has 1 aliphatic heterocycles. The lowest BCUT2D eigenvalue weighted by Crippen LogP contribution is -2.55. The number of hydrogen-bond acceptors (Lipinski definition) is 4. The Morgan fingerprint density at radius 3 is 3.00 bits per heavy atom. The zero-order valence-corrected chi connectivity index (χ0v) is 6.40. The molecule has 5 heteroatoms. The van der Waals surface area contributed by atoms with Crippen LogP contribution in [0.5, 0.6) is 0 Å². The van der Waals surface area contributed by atoms with Gasteiger partial charge in [-0.3, -0.25) is 10.1 Å². The fourth-order valence-electron chi connectivity index (χ4n) is 0.910. The van der Waals surface area contributed by atoms with E-state index in [1.165, 1.54) is 0 Å². The summed E-state index contributed by atoms with van der Waals surface area (Å²) in [6, 6.07) is 0.0799. The topological polar surface area (TPSA) is 67.2 Å². The molecule has 0 aromatic heterocycles. The van der Waals surface area contributed by atoms with Gasteiger partial charge in [0.15, 0.2) is 0 Å². The third-order valence-electron chi connectivity index (χ3n) is 1.41. The molecule has 2 unspecified atom stereocenters. The van der Waals surface area contributed by atoms with Gasteiger partial charge in [0.1, 0.15) is 5.50 Å². The second kappa shape index (κ2) is 3.23. The second-order valence-corrected chi connectivity index (χ2v) is 2.79. The summed E-state index contributed by atoms with van der Waals surface area (Å²) in [7, 11) is 0. The lowest BCUT2D eigenvalue weighted by atomic mass is 10.2. The second-order valence-electron chi connectivity index (χ2n) is 2.27. The van der Waals surface area contributed by atoms with Crippen LogP contribution < -0.4 is 16.4 Å². The highest BCUT2D eigenvalue weighted by Gasteiger charge is 2.21. The van der Waals surface area contributed by atoms with Gasteiger partial charge in [-0.05, 0) is 0 Å². The minimum atomic E-state index is -0.241. The number of nitrogens with one attached hydrogen (secondary N) is 2. The first-order valence-electron chi connectivity index (χ1n) is 3.16. The largest absolute Gasteiger partial charge is 0.332 e. The number of carbonyl (C=O) groups excluding carboxylic acids is 1. The van der Waals surface area contributed by atoms with Crippen molar-refractivity contribution in [1.82, 2.24) is 10.6 Å². The van der Waals surface area contributed by atoms with E-state index in [9.17, 15) is 4.79 Å². The minimum absolute atomic E-state index is 0.00852. The van der Waals surface area contributed by atoms with E-state index in [-0.39, 0.29) is 17.4 Å². The first-order valence-corrected chi connectivity index (χ1v) is 3.67. The van der Waals surface area contributed by atoms with E-state index >= 15 is 0 Å². The highest BCUT2D eigenvalue weighted by molar-refractivity contribution is 7.80. The van der Waals surface area contributed by atoms with Crippen LogP contribution >= 0.6 is 12.6 Å². The molecular formula is C5H11N3OS. The Balaban J connectivity index is 2.42. The van der Waals surface area contributed by atoms with Crippen molar-refractivity contribution in [2.24, 2.45) is 5.73 Å². The van der Waals surface area contributed by atoms with E-state index in [1.54, 1.807) is 0 Å². The average Bonchev–Trinajstić information content (AvgIpc) is 1.85. The zero-order valence-electron chi connectivity index (χ0n) is 5.50. The van der Waals surface area contributed by atoms with Gasteiger partial charge in [0, 0.05) is 19.0 Å². The van der Waals surface area contributed by atoms with Crippen molar-refractivity contribution in [2.75, 3.05) is 6.54 Å². The van der Waals surface area contributed by atoms with Crippen molar-refractivity contribution in [3.8, 4) is 0 Å². The Bertz CT molecular complexity index is 141. The molecule has 10 heavy (non-hydrogen) atoms. The fourth-order valence-corrected chi connectivity index (χ4v) is 1.27. The average molecular weight is 161 g/mol. The summed E-state index contributed by atoms with van der Waals surface area (Å²) < 4.78 is 0. The van der Waals surface area contributed by atoms with Crippen LogP contribution in [0, 0.1) is 0 Å². The molecule has 0 aromatic carbocycles. The summed E-state index contributed by atoms with van der Waals surface area (Å²) in [5.74, 6) is 0.00852. The predicted molar refractivity (Wildman–Crippen MR) is 41.5 cm³/mol. The Hall–Kier alpha value is -0.260. The molecule has 4 N–H and O–H groups in total. The molecule has 1 saturated heterocycles. The summed E-state index contributed by atoms with van der Waals surface area (Å²) >= 11 is 4.04. The van der Waals surface area contributed by atoms with Crippen molar-refractivity contribution >= 4 is 18.5 Å². The van der Waals surface area contributed by atoms with Gasteiger partial charge in [-0.15, -0.1) is 12.6 Å². The van der Waals surface area contributed by atoms with Gasteiger partial charge in [-0.1, -0.05) is 0 Å². The monoisotopic (exact) mass is 161 g/mol. The summed E-state index contributed by atoms with van der Waals surface area (Å²) in [6.45, 7) is 0.477. The predicted octanol–water partition coefficient (Wildman–Crippen LogP) is -1.36. The van der Waals surface area contributed by atoms with Crippen LogP contribution in [-0.4, -0.2) is 24.0 Å². The molecule has 1 rings (SSSR count). The number of amides is 1. The number of nitrogens with two attached hydrogens (primary N) is 1. The molecule has 1 amide bonds. The van der Waals surface area contributed by atoms with Crippen molar-refractivity contribution < 1.29 is 4.79 Å². The van der Waals surface area contributed by atoms with E-state index in [0.29, 0.717) is 13.0 Å². The molecule has 4 nitrogen and oxygen atoms in total. The zero-order chi connectivity index (χ0) is 7.56. The summed E-state index contributed by atoms with van der Waals surface area (Å²) in [5.41, 5.74) is 5.11. The third kappa shape index (κ3) is 1.86. The summed E-state index contributed by atoms with van der Waals surface area (Å²) in [4.78, 5) is 10.8. The number of thiol groups is 1. The molecule has 0 aliphatic carbocycles. The first-order chi connectivity index (χ1) is 4.72. The maximum Gasteiger partial charge on any atom is 0.223 e. The van der Waals surface area contributed by atoms with Crippen molar-refractivity contribution in [1.29, 1.82) is 0 Å². The van der Waals surface area contributed by atoms with Crippen LogP contribution in [0.1, 0.15) is 6.42 Å². The maximum absolute atomic E-state index is 10.8. The molecule has 0 aromatic rings. The van der Waals surface area contributed by atoms with E-state index in [1.807, 2.05) is 0 Å². The molecule has 1 heterocycles.